The van der Waals surface area contributed by atoms with Gasteiger partial charge >= 0.3 is 0 Å². The molecule has 0 aliphatic carbocycles. The molecule has 5 heteroatoms. The molecule has 0 unspecified atom stereocenters. The molecule has 1 aromatic carbocycles. The van der Waals surface area contributed by atoms with Crippen molar-refractivity contribution in [1.82, 2.24) is 0 Å². The normalized spacial score (nSPS) is 11.2. The van der Waals surface area contributed by atoms with Gasteiger partial charge in [-0.15, -0.1) is 0 Å². The van der Waals surface area contributed by atoms with E-state index in [1.165, 1.54) is 19.2 Å². The Labute approximate surface area is 86.8 Å². The summed E-state index contributed by atoms with van der Waals surface area (Å²) in [5.41, 5.74) is 5.99. The summed E-state index contributed by atoms with van der Waals surface area (Å²) in [7, 11) is 1.42. The third kappa shape index (κ3) is 3.61. The standard InChI is InChI=1S/C10H13F2NO2/c1-10(11,12)6-15-8-4-3-7(13)5-9(8)14-2/h3-5H,6,13H2,1-2H3. The zero-order valence-corrected chi connectivity index (χ0v) is 8.59. The number of alkyl halides is 2. The van der Waals surface area contributed by atoms with Gasteiger partial charge in [0, 0.05) is 18.7 Å². The number of methoxy groups -OCH3 is 1. The molecular weight excluding hydrogens is 204 g/mol. The summed E-state index contributed by atoms with van der Waals surface area (Å²) in [5.74, 6) is -2.26. The average molecular weight is 217 g/mol. The monoisotopic (exact) mass is 217 g/mol. The van der Waals surface area contributed by atoms with Gasteiger partial charge in [0.15, 0.2) is 18.1 Å². The second-order valence-corrected chi connectivity index (χ2v) is 3.27. The Balaban J connectivity index is 2.76. The third-order valence-corrected chi connectivity index (χ3v) is 1.67. The lowest BCUT2D eigenvalue weighted by molar-refractivity contribution is -0.0235. The predicted molar refractivity (Wildman–Crippen MR) is 53.5 cm³/mol. The van der Waals surface area contributed by atoms with Gasteiger partial charge in [-0.25, -0.2) is 8.78 Å². The summed E-state index contributed by atoms with van der Waals surface area (Å²) in [5, 5.41) is 0. The van der Waals surface area contributed by atoms with Crippen molar-refractivity contribution in [2.24, 2.45) is 0 Å². The Morgan fingerprint density at radius 2 is 2.00 bits per heavy atom. The minimum Gasteiger partial charge on any atom is -0.493 e. The summed E-state index contributed by atoms with van der Waals surface area (Å²) < 4.78 is 34.9. The first kappa shape index (κ1) is 11.6. The highest BCUT2D eigenvalue weighted by atomic mass is 19.3. The molecule has 3 nitrogen and oxygen atoms in total. The molecule has 1 rings (SSSR count). The summed E-state index contributed by atoms with van der Waals surface area (Å²) in [6.07, 6.45) is 0. The fourth-order valence-electron chi connectivity index (χ4n) is 1.01. The Morgan fingerprint density at radius 1 is 1.33 bits per heavy atom. The molecule has 15 heavy (non-hydrogen) atoms. The zero-order chi connectivity index (χ0) is 11.5. The van der Waals surface area contributed by atoms with Gasteiger partial charge < -0.3 is 15.2 Å². The van der Waals surface area contributed by atoms with Crippen LogP contribution in [-0.2, 0) is 0 Å². The number of hydrogen-bond acceptors (Lipinski definition) is 3. The van der Waals surface area contributed by atoms with E-state index in [4.69, 9.17) is 15.2 Å². The molecule has 0 heterocycles. The van der Waals surface area contributed by atoms with Crippen molar-refractivity contribution in [3.8, 4) is 11.5 Å². The molecule has 0 radical (unpaired) electrons. The Morgan fingerprint density at radius 3 is 2.53 bits per heavy atom. The molecule has 0 fully saturated rings. The fourth-order valence-corrected chi connectivity index (χ4v) is 1.01. The van der Waals surface area contributed by atoms with Crippen molar-refractivity contribution in [1.29, 1.82) is 0 Å². The molecule has 0 atom stereocenters. The van der Waals surface area contributed by atoms with Crippen LogP contribution in [0.2, 0.25) is 0 Å². The highest BCUT2D eigenvalue weighted by Gasteiger charge is 2.22. The highest BCUT2D eigenvalue weighted by Crippen LogP contribution is 2.30. The van der Waals surface area contributed by atoms with Crippen LogP contribution in [0.3, 0.4) is 0 Å². The smallest absolute Gasteiger partial charge is 0.278 e. The predicted octanol–water partition coefficient (Wildman–Crippen LogP) is 2.31. The number of halogens is 2. The van der Waals surface area contributed by atoms with Gasteiger partial charge in [0.25, 0.3) is 5.92 Å². The van der Waals surface area contributed by atoms with E-state index in [1.54, 1.807) is 6.07 Å². The average Bonchev–Trinajstić information content (AvgIpc) is 2.14. The van der Waals surface area contributed by atoms with Gasteiger partial charge in [-0.2, -0.15) is 0 Å². The number of anilines is 1. The first-order valence-electron chi connectivity index (χ1n) is 4.36. The van der Waals surface area contributed by atoms with Gasteiger partial charge in [-0.3, -0.25) is 0 Å². The SMILES string of the molecule is COc1cc(N)ccc1OCC(C)(F)F. The minimum atomic E-state index is -2.87. The van der Waals surface area contributed by atoms with E-state index < -0.39 is 12.5 Å². The molecule has 84 valence electrons. The van der Waals surface area contributed by atoms with Crippen molar-refractivity contribution < 1.29 is 18.3 Å². The van der Waals surface area contributed by atoms with Gasteiger partial charge in [0.1, 0.15) is 0 Å². The summed E-state index contributed by atoms with van der Waals surface area (Å²) in [6, 6.07) is 4.58. The number of ether oxygens (including phenoxy) is 2. The quantitative estimate of drug-likeness (QED) is 0.787. The molecule has 1 aromatic rings. The Bertz CT molecular complexity index is 337. The van der Waals surface area contributed by atoms with E-state index in [9.17, 15) is 8.78 Å². The van der Waals surface area contributed by atoms with Crippen LogP contribution in [0.1, 0.15) is 6.92 Å². The van der Waals surface area contributed by atoms with Crippen LogP contribution in [0.4, 0.5) is 14.5 Å². The van der Waals surface area contributed by atoms with E-state index in [1.807, 2.05) is 0 Å². The number of nitrogens with two attached hydrogens (primary N) is 1. The van der Waals surface area contributed by atoms with Gasteiger partial charge in [-0.1, -0.05) is 0 Å². The summed E-state index contributed by atoms with van der Waals surface area (Å²) >= 11 is 0. The van der Waals surface area contributed by atoms with Crippen molar-refractivity contribution in [2.45, 2.75) is 12.8 Å². The molecule has 0 aromatic heterocycles. The molecule has 0 saturated heterocycles. The zero-order valence-electron chi connectivity index (χ0n) is 8.59. The maximum atomic E-state index is 12.5. The summed E-state index contributed by atoms with van der Waals surface area (Å²) in [6.45, 7) is 0.101. The Kier molecular flexibility index (Phi) is 3.34. The largest absolute Gasteiger partial charge is 0.493 e. The number of rotatable bonds is 4. The lowest BCUT2D eigenvalue weighted by atomic mass is 10.3. The maximum absolute atomic E-state index is 12.5. The molecule has 2 N–H and O–H groups in total. The van der Waals surface area contributed by atoms with Crippen LogP contribution in [-0.4, -0.2) is 19.6 Å². The van der Waals surface area contributed by atoms with Crippen LogP contribution in [0.25, 0.3) is 0 Å². The van der Waals surface area contributed by atoms with Crippen LogP contribution >= 0.6 is 0 Å². The second kappa shape index (κ2) is 4.33. The number of benzene rings is 1. The van der Waals surface area contributed by atoms with Gasteiger partial charge in [-0.05, 0) is 12.1 Å². The van der Waals surface area contributed by atoms with Crippen molar-refractivity contribution in [2.75, 3.05) is 19.5 Å². The van der Waals surface area contributed by atoms with Crippen LogP contribution in [0.15, 0.2) is 18.2 Å². The molecule has 0 amide bonds. The third-order valence-electron chi connectivity index (χ3n) is 1.67. The van der Waals surface area contributed by atoms with E-state index in [0.29, 0.717) is 11.4 Å². The van der Waals surface area contributed by atoms with Gasteiger partial charge in [0.05, 0.1) is 7.11 Å². The Hall–Kier alpha value is -1.52. The lowest BCUT2D eigenvalue weighted by Crippen LogP contribution is -2.21. The van der Waals surface area contributed by atoms with Crippen molar-refractivity contribution >= 4 is 5.69 Å². The highest BCUT2D eigenvalue weighted by molar-refractivity contribution is 5.51. The second-order valence-electron chi connectivity index (χ2n) is 3.27. The number of nitrogen functional groups attached to an aromatic ring is 1. The van der Waals surface area contributed by atoms with Crippen LogP contribution < -0.4 is 15.2 Å². The molecule has 0 bridgehead atoms. The maximum Gasteiger partial charge on any atom is 0.278 e. The minimum absolute atomic E-state index is 0.258. The van der Waals surface area contributed by atoms with E-state index >= 15 is 0 Å². The molecule has 0 spiro atoms. The lowest BCUT2D eigenvalue weighted by Gasteiger charge is -2.14. The van der Waals surface area contributed by atoms with Crippen LogP contribution in [0, 0.1) is 0 Å². The molecule has 0 aliphatic rings. The fraction of sp³-hybridized carbons (Fsp3) is 0.400. The first-order chi connectivity index (χ1) is 6.92. The van der Waals surface area contributed by atoms with Crippen molar-refractivity contribution in [3.63, 3.8) is 0 Å². The van der Waals surface area contributed by atoms with E-state index in [-0.39, 0.29) is 5.75 Å². The topological polar surface area (TPSA) is 44.5 Å². The van der Waals surface area contributed by atoms with Gasteiger partial charge in [0.2, 0.25) is 0 Å². The summed E-state index contributed by atoms with van der Waals surface area (Å²) in [4.78, 5) is 0. The number of hydrogen-bond donors (Lipinski definition) is 1. The van der Waals surface area contributed by atoms with Crippen LogP contribution in [0.5, 0.6) is 11.5 Å². The molecule has 0 aliphatic heterocycles. The molecule has 0 saturated carbocycles. The van der Waals surface area contributed by atoms with Crippen molar-refractivity contribution in [3.05, 3.63) is 18.2 Å². The van der Waals surface area contributed by atoms with E-state index in [2.05, 4.69) is 0 Å². The molecular formula is C10H13F2NO2. The first-order valence-corrected chi connectivity index (χ1v) is 4.36. The van der Waals surface area contributed by atoms with E-state index in [0.717, 1.165) is 6.92 Å².